The maximum atomic E-state index is 3.55. The predicted octanol–water partition coefficient (Wildman–Crippen LogP) is 2.42. The van der Waals surface area contributed by atoms with Gasteiger partial charge in [0.05, 0.1) is 0 Å². The van der Waals surface area contributed by atoms with Crippen LogP contribution in [0.1, 0.15) is 40.5 Å². The highest BCUT2D eigenvalue weighted by Gasteiger charge is 2.49. The second-order valence-electron chi connectivity index (χ2n) is 4.01. The van der Waals surface area contributed by atoms with Crippen molar-refractivity contribution in [2.75, 3.05) is 6.54 Å². The maximum absolute atomic E-state index is 3.55. The highest BCUT2D eigenvalue weighted by Crippen LogP contribution is 2.38. The van der Waals surface area contributed by atoms with Gasteiger partial charge in [-0.25, -0.2) is 0 Å². The zero-order valence-corrected chi connectivity index (χ0v) is 8.28. The number of nitrogens with one attached hydrogen (secondary N) is 1. The molecule has 0 radical (unpaired) electrons. The average molecular weight is 155 g/mol. The summed E-state index contributed by atoms with van der Waals surface area (Å²) in [6.45, 7) is 10.6. The Hall–Kier alpha value is -0.0400. The van der Waals surface area contributed by atoms with Gasteiger partial charge in [-0.1, -0.05) is 40.5 Å². The lowest BCUT2D eigenvalue weighted by atomic mass is 9.80. The Morgan fingerprint density at radius 3 is 1.73 bits per heavy atom. The minimum atomic E-state index is 0.517. The lowest BCUT2D eigenvalue weighted by Crippen LogP contribution is -2.32. The summed E-state index contributed by atoms with van der Waals surface area (Å²) in [6, 6.07) is 0. The summed E-state index contributed by atoms with van der Waals surface area (Å²) in [4.78, 5) is 0. The van der Waals surface area contributed by atoms with E-state index in [-0.39, 0.29) is 0 Å². The Bertz CT molecular complexity index is 115. The first-order chi connectivity index (χ1) is 5.17. The van der Waals surface area contributed by atoms with Gasteiger partial charge in [-0.15, -0.1) is 0 Å². The van der Waals surface area contributed by atoms with E-state index in [2.05, 4.69) is 33.0 Å². The van der Waals surface area contributed by atoms with Crippen LogP contribution in [0.2, 0.25) is 0 Å². The van der Waals surface area contributed by atoms with Crippen LogP contribution in [0, 0.1) is 11.8 Å². The molecule has 0 aliphatic carbocycles. The van der Waals surface area contributed by atoms with Crippen LogP contribution in [0.5, 0.6) is 0 Å². The van der Waals surface area contributed by atoms with Gasteiger partial charge in [0.15, 0.2) is 0 Å². The van der Waals surface area contributed by atoms with Crippen molar-refractivity contribution in [1.29, 1.82) is 0 Å². The van der Waals surface area contributed by atoms with E-state index >= 15 is 0 Å². The second-order valence-corrected chi connectivity index (χ2v) is 4.01. The molecule has 1 N–H and O–H groups in total. The third-order valence-corrected chi connectivity index (χ3v) is 3.57. The van der Waals surface area contributed by atoms with Crippen molar-refractivity contribution < 1.29 is 0 Å². The molecular weight excluding hydrogens is 134 g/mol. The molecule has 2 atom stereocenters. The van der Waals surface area contributed by atoms with Crippen molar-refractivity contribution in [3.05, 3.63) is 0 Å². The molecule has 2 unspecified atom stereocenters. The molecule has 0 amide bonds. The molecule has 1 heterocycles. The highest BCUT2D eigenvalue weighted by molar-refractivity contribution is 5.09. The molecule has 11 heavy (non-hydrogen) atoms. The quantitative estimate of drug-likeness (QED) is 0.619. The van der Waals surface area contributed by atoms with Crippen molar-refractivity contribution in [3.63, 3.8) is 0 Å². The standard InChI is InChI=1S/C10H21N/c1-5-8(3)10(7-11-10)9(4)6-2/h8-9,11H,5-7H2,1-4H3. The van der Waals surface area contributed by atoms with Gasteiger partial charge < -0.3 is 5.32 Å². The van der Waals surface area contributed by atoms with Crippen LogP contribution in [0.15, 0.2) is 0 Å². The number of rotatable bonds is 4. The van der Waals surface area contributed by atoms with E-state index in [1.165, 1.54) is 19.4 Å². The van der Waals surface area contributed by atoms with E-state index in [4.69, 9.17) is 0 Å². The number of hydrogen-bond donors (Lipinski definition) is 1. The highest BCUT2D eigenvalue weighted by atomic mass is 15.2. The van der Waals surface area contributed by atoms with Crippen molar-refractivity contribution in [2.24, 2.45) is 11.8 Å². The summed E-state index contributed by atoms with van der Waals surface area (Å²) >= 11 is 0. The van der Waals surface area contributed by atoms with Crippen LogP contribution < -0.4 is 5.32 Å². The molecule has 0 spiro atoms. The largest absolute Gasteiger partial charge is 0.308 e. The fraction of sp³-hybridized carbons (Fsp3) is 1.00. The summed E-state index contributed by atoms with van der Waals surface area (Å²) in [7, 11) is 0. The van der Waals surface area contributed by atoms with Gasteiger partial charge >= 0.3 is 0 Å². The van der Waals surface area contributed by atoms with E-state index in [1.54, 1.807) is 0 Å². The van der Waals surface area contributed by atoms with Crippen LogP contribution in [-0.4, -0.2) is 12.1 Å². The smallest absolute Gasteiger partial charge is 0.0358 e. The monoisotopic (exact) mass is 155 g/mol. The van der Waals surface area contributed by atoms with Crippen LogP contribution in [0.3, 0.4) is 0 Å². The lowest BCUT2D eigenvalue weighted by Gasteiger charge is -2.26. The first-order valence-electron chi connectivity index (χ1n) is 4.92. The normalized spacial score (nSPS) is 34.9. The molecule has 0 aromatic carbocycles. The van der Waals surface area contributed by atoms with Crippen molar-refractivity contribution in [1.82, 2.24) is 5.32 Å². The third-order valence-electron chi connectivity index (χ3n) is 3.57. The SMILES string of the molecule is CCC(C)C1(C(C)CC)CN1. The maximum Gasteiger partial charge on any atom is 0.0358 e. The topological polar surface area (TPSA) is 21.9 Å². The van der Waals surface area contributed by atoms with Gasteiger partial charge in [0, 0.05) is 12.1 Å². The van der Waals surface area contributed by atoms with Gasteiger partial charge in [0.2, 0.25) is 0 Å². The second kappa shape index (κ2) is 3.14. The van der Waals surface area contributed by atoms with Gasteiger partial charge in [0.25, 0.3) is 0 Å². The van der Waals surface area contributed by atoms with Gasteiger partial charge in [-0.2, -0.15) is 0 Å². The van der Waals surface area contributed by atoms with Gasteiger partial charge in [-0.05, 0) is 11.8 Å². The lowest BCUT2D eigenvalue weighted by molar-refractivity contribution is 0.295. The first-order valence-corrected chi connectivity index (χ1v) is 4.92. The zero-order valence-electron chi connectivity index (χ0n) is 8.28. The minimum Gasteiger partial charge on any atom is -0.308 e. The summed E-state index contributed by atoms with van der Waals surface area (Å²) in [5, 5.41) is 3.55. The summed E-state index contributed by atoms with van der Waals surface area (Å²) in [5.41, 5.74) is 0.517. The first kappa shape index (κ1) is 9.05. The summed E-state index contributed by atoms with van der Waals surface area (Å²) in [6.07, 6.45) is 2.61. The average Bonchev–Trinajstić information content (AvgIpc) is 2.82. The molecule has 0 saturated carbocycles. The Morgan fingerprint density at radius 1 is 1.18 bits per heavy atom. The third kappa shape index (κ3) is 1.44. The van der Waals surface area contributed by atoms with Crippen LogP contribution in [-0.2, 0) is 0 Å². The summed E-state index contributed by atoms with van der Waals surface area (Å²) in [5.74, 6) is 1.69. The molecular formula is C10H21N. The van der Waals surface area contributed by atoms with Crippen molar-refractivity contribution in [3.8, 4) is 0 Å². The molecule has 1 rings (SSSR count). The fourth-order valence-corrected chi connectivity index (χ4v) is 2.01. The van der Waals surface area contributed by atoms with Crippen LogP contribution in [0.4, 0.5) is 0 Å². The molecule has 1 nitrogen and oxygen atoms in total. The Kier molecular flexibility index (Phi) is 2.58. The van der Waals surface area contributed by atoms with E-state index in [0.717, 1.165) is 11.8 Å². The van der Waals surface area contributed by atoms with Crippen molar-refractivity contribution in [2.45, 2.75) is 46.1 Å². The number of hydrogen-bond acceptors (Lipinski definition) is 1. The molecule has 0 aromatic heterocycles. The van der Waals surface area contributed by atoms with Crippen molar-refractivity contribution >= 4 is 0 Å². The molecule has 1 aliphatic heterocycles. The van der Waals surface area contributed by atoms with Gasteiger partial charge in [-0.3, -0.25) is 0 Å². The summed E-state index contributed by atoms with van der Waals surface area (Å²) < 4.78 is 0. The molecule has 1 aliphatic rings. The van der Waals surface area contributed by atoms with Crippen LogP contribution in [0.25, 0.3) is 0 Å². The molecule has 0 bridgehead atoms. The van der Waals surface area contributed by atoms with Crippen LogP contribution >= 0.6 is 0 Å². The molecule has 1 fully saturated rings. The molecule has 0 aromatic rings. The van der Waals surface area contributed by atoms with E-state index in [0.29, 0.717) is 5.54 Å². The predicted molar refractivity (Wildman–Crippen MR) is 49.6 cm³/mol. The van der Waals surface area contributed by atoms with E-state index in [1.807, 2.05) is 0 Å². The molecule has 66 valence electrons. The van der Waals surface area contributed by atoms with E-state index < -0.39 is 0 Å². The van der Waals surface area contributed by atoms with Gasteiger partial charge in [0.1, 0.15) is 0 Å². The van der Waals surface area contributed by atoms with E-state index in [9.17, 15) is 0 Å². The molecule has 1 saturated heterocycles. The zero-order chi connectivity index (χ0) is 8.48. The Balaban J connectivity index is 2.52. The molecule has 1 heteroatoms. The Labute approximate surface area is 70.6 Å². The fourth-order valence-electron chi connectivity index (χ4n) is 2.01. The minimum absolute atomic E-state index is 0.517. The Morgan fingerprint density at radius 2 is 1.55 bits per heavy atom.